The summed E-state index contributed by atoms with van der Waals surface area (Å²) in [6, 6.07) is 3.85. The van der Waals surface area contributed by atoms with E-state index in [1.807, 2.05) is 19.9 Å². The van der Waals surface area contributed by atoms with Gasteiger partial charge in [0.25, 0.3) is 0 Å². The van der Waals surface area contributed by atoms with Gasteiger partial charge in [0.15, 0.2) is 0 Å². The monoisotopic (exact) mass is 393 g/mol. The number of terminal acetylenes is 1. The summed E-state index contributed by atoms with van der Waals surface area (Å²) in [5, 5.41) is 10.9. The van der Waals surface area contributed by atoms with Crippen LogP contribution in [0.15, 0.2) is 18.3 Å². The van der Waals surface area contributed by atoms with Gasteiger partial charge in [-0.05, 0) is 45.2 Å². The van der Waals surface area contributed by atoms with Crippen molar-refractivity contribution in [2.24, 2.45) is 5.92 Å². The van der Waals surface area contributed by atoms with E-state index in [0.717, 1.165) is 30.0 Å². The van der Waals surface area contributed by atoms with Crippen molar-refractivity contribution in [1.82, 2.24) is 15.3 Å². The lowest BCUT2D eigenvalue weighted by Gasteiger charge is -2.28. The van der Waals surface area contributed by atoms with Crippen molar-refractivity contribution >= 4 is 34.2 Å². The van der Waals surface area contributed by atoms with Gasteiger partial charge in [-0.25, -0.2) is 9.97 Å². The van der Waals surface area contributed by atoms with Crippen LogP contribution in [0.2, 0.25) is 0 Å². The third-order valence-electron chi connectivity index (χ3n) is 4.99. The summed E-state index contributed by atoms with van der Waals surface area (Å²) < 4.78 is 0. The Labute approximate surface area is 171 Å². The van der Waals surface area contributed by atoms with Crippen molar-refractivity contribution in [2.75, 3.05) is 10.6 Å². The Balaban J connectivity index is 1.80. The van der Waals surface area contributed by atoms with Crippen LogP contribution < -0.4 is 16.0 Å². The van der Waals surface area contributed by atoms with Crippen LogP contribution in [0.25, 0.3) is 10.8 Å². The zero-order valence-corrected chi connectivity index (χ0v) is 17.1. The summed E-state index contributed by atoms with van der Waals surface area (Å²) in [4.78, 5) is 32.9. The first-order valence-electron chi connectivity index (χ1n) is 9.97. The number of hydrogen-bond acceptors (Lipinski definition) is 5. The molecule has 2 amide bonds. The summed E-state index contributed by atoms with van der Waals surface area (Å²) in [7, 11) is 0. The molecule has 3 rings (SSSR count). The number of nitrogens with one attached hydrogen (secondary N) is 3. The van der Waals surface area contributed by atoms with Gasteiger partial charge >= 0.3 is 0 Å². The largest absolute Gasteiger partial charge is 0.367 e. The van der Waals surface area contributed by atoms with E-state index < -0.39 is 0 Å². The molecule has 0 spiro atoms. The number of aromatic nitrogens is 2. The van der Waals surface area contributed by atoms with Gasteiger partial charge in [0.1, 0.15) is 17.3 Å². The van der Waals surface area contributed by atoms with Crippen molar-refractivity contribution in [1.29, 1.82) is 0 Å². The molecule has 0 aliphatic heterocycles. The zero-order valence-electron chi connectivity index (χ0n) is 17.1. The highest BCUT2D eigenvalue weighted by Gasteiger charge is 2.28. The second-order valence-corrected chi connectivity index (χ2v) is 7.84. The van der Waals surface area contributed by atoms with Crippen LogP contribution in [0.4, 0.5) is 11.6 Å². The van der Waals surface area contributed by atoms with Crippen molar-refractivity contribution in [2.45, 2.75) is 58.5 Å². The van der Waals surface area contributed by atoms with Crippen molar-refractivity contribution < 1.29 is 9.59 Å². The summed E-state index contributed by atoms with van der Waals surface area (Å²) in [5.74, 6) is 3.44. The first kappa shape index (κ1) is 20.6. The average molecular weight is 393 g/mol. The van der Waals surface area contributed by atoms with Crippen LogP contribution in [0.5, 0.6) is 0 Å². The molecule has 7 heteroatoms. The van der Waals surface area contributed by atoms with Crippen LogP contribution in [-0.2, 0) is 9.59 Å². The summed E-state index contributed by atoms with van der Waals surface area (Å²) in [6.45, 7) is 5.55. The first-order valence-corrected chi connectivity index (χ1v) is 9.97. The smallest absolute Gasteiger partial charge is 0.228 e. The Morgan fingerprint density at radius 1 is 1.28 bits per heavy atom. The van der Waals surface area contributed by atoms with E-state index in [0.29, 0.717) is 23.8 Å². The van der Waals surface area contributed by atoms with Gasteiger partial charge in [-0.15, -0.1) is 6.42 Å². The molecule has 2 aromatic heterocycles. The molecule has 152 valence electrons. The van der Waals surface area contributed by atoms with E-state index in [2.05, 4.69) is 31.8 Å². The van der Waals surface area contributed by atoms with Crippen LogP contribution in [0, 0.1) is 18.3 Å². The van der Waals surface area contributed by atoms with Crippen molar-refractivity contribution in [3.05, 3.63) is 24.0 Å². The summed E-state index contributed by atoms with van der Waals surface area (Å²) >= 11 is 0. The Bertz CT molecular complexity index is 964. The number of hydrogen-bond donors (Lipinski definition) is 3. The highest BCUT2D eigenvalue weighted by atomic mass is 16.2. The zero-order chi connectivity index (χ0) is 21.0. The maximum atomic E-state index is 12.8. The molecule has 1 aliphatic carbocycles. The number of carbonyl (C=O) groups is 2. The Morgan fingerprint density at radius 2 is 2.07 bits per heavy atom. The molecule has 1 fully saturated rings. The molecule has 3 N–H and O–H groups in total. The van der Waals surface area contributed by atoms with E-state index in [4.69, 9.17) is 6.42 Å². The normalized spacial score (nSPS) is 18.9. The third-order valence-corrected chi connectivity index (χ3v) is 4.99. The third kappa shape index (κ3) is 5.23. The number of anilines is 2. The molecule has 0 radical (unpaired) electrons. The molecule has 1 saturated carbocycles. The van der Waals surface area contributed by atoms with Gasteiger partial charge in [0.05, 0.1) is 0 Å². The predicted octanol–water partition coefficient (Wildman–Crippen LogP) is 3.06. The second-order valence-electron chi connectivity index (χ2n) is 7.84. The molecule has 29 heavy (non-hydrogen) atoms. The number of amides is 2. The molecule has 1 unspecified atom stereocenters. The summed E-state index contributed by atoms with van der Waals surface area (Å²) in [5.41, 5.74) is 0.533. The highest BCUT2D eigenvalue weighted by molar-refractivity contribution is 5.97. The van der Waals surface area contributed by atoms with Gasteiger partial charge in [-0.2, -0.15) is 0 Å². The van der Waals surface area contributed by atoms with Gasteiger partial charge < -0.3 is 16.0 Å². The molecule has 2 aromatic rings. The lowest BCUT2D eigenvalue weighted by molar-refractivity contribution is -0.123. The number of rotatable bonds is 5. The average Bonchev–Trinajstić information content (AvgIpc) is 2.67. The van der Waals surface area contributed by atoms with E-state index in [1.54, 1.807) is 12.3 Å². The minimum Gasteiger partial charge on any atom is -0.367 e. The molecule has 1 aliphatic rings. The number of carbonyl (C=O) groups excluding carboxylic acids is 2. The summed E-state index contributed by atoms with van der Waals surface area (Å²) in [6.07, 6.45) is 10.5. The standard InChI is InChI=1S/C22H27N5O2/c1-5-17-10-16-12-23-20(11-19(16)21(26-17)24-13(2)3)27-22(29)15-7-6-8-18(9-15)25-14(4)28/h1,10-13,15,18H,6-9H2,2-4H3,(H,24,26)(H,25,28)(H,23,27,29)/t15?,18-/m1/s1. The highest BCUT2D eigenvalue weighted by Crippen LogP contribution is 2.28. The molecule has 0 aromatic carbocycles. The fraction of sp³-hybridized carbons (Fsp3) is 0.455. The van der Waals surface area contributed by atoms with Crippen LogP contribution in [0.3, 0.4) is 0 Å². The Kier molecular flexibility index (Phi) is 6.32. The number of pyridine rings is 2. The Morgan fingerprint density at radius 3 is 2.76 bits per heavy atom. The van der Waals surface area contributed by atoms with Crippen molar-refractivity contribution in [3.63, 3.8) is 0 Å². The van der Waals surface area contributed by atoms with Crippen molar-refractivity contribution in [3.8, 4) is 12.3 Å². The Hall–Kier alpha value is -3.14. The van der Waals surface area contributed by atoms with Gasteiger partial charge in [-0.3, -0.25) is 9.59 Å². The van der Waals surface area contributed by atoms with E-state index in [9.17, 15) is 9.59 Å². The lowest BCUT2D eigenvalue weighted by atomic mass is 9.85. The first-order chi connectivity index (χ1) is 13.9. The van der Waals surface area contributed by atoms with Crippen LogP contribution >= 0.6 is 0 Å². The lowest BCUT2D eigenvalue weighted by Crippen LogP contribution is -2.40. The molecule has 2 heterocycles. The number of nitrogens with zero attached hydrogens (tertiary/aromatic N) is 2. The fourth-order valence-electron chi connectivity index (χ4n) is 3.75. The van der Waals surface area contributed by atoms with Gasteiger partial charge in [-0.1, -0.05) is 12.3 Å². The molecule has 2 atom stereocenters. The minimum absolute atomic E-state index is 0.0507. The van der Waals surface area contributed by atoms with E-state index in [-0.39, 0.29) is 29.8 Å². The van der Waals surface area contributed by atoms with Crippen LogP contribution in [-0.4, -0.2) is 33.9 Å². The SMILES string of the molecule is C#Cc1cc2cnc(NC(=O)C3CCC[C@@H](NC(C)=O)C3)cc2c(NC(C)C)n1. The van der Waals surface area contributed by atoms with E-state index >= 15 is 0 Å². The second kappa shape index (κ2) is 8.91. The maximum Gasteiger partial charge on any atom is 0.228 e. The molecule has 0 bridgehead atoms. The van der Waals surface area contributed by atoms with Gasteiger partial charge in [0, 0.05) is 41.9 Å². The minimum atomic E-state index is -0.145. The topological polar surface area (TPSA) is 96.0 Å². The van der Waals surface area contributed by atoms with E-state index in [1.165, 1.54) is 6.92 Å². The molecule has 0 saturated heterocycles. The fourth-order valence-corrected chi connectivity index (χ4v) is 3.75. The van der Waals surface area contributed by atoms with Gasteiger partial charge in [0.2, 0.25) is 11.8 Å². The molecule has 7 nitrogen and oxygen atoms in total. The molecular formula is C22H27N5O2. The maximum absolute atomic E-state index is 12.8. The van der Waals surface area contributed by atoms with Crippen LogP contribution in [0.1, 0.15) is 52.1 Å². The molecular weight excluding hydrogens is 366 g/mol. The number of fused-ring (bicyclic) bond motifs is 1. The quantitative estimate of drug-likeness (QED) is 0.679. The predicted molar refractivity (Wildman–Crippen MR) is 114 cm³/mol.